The predicted octanol–water partition coefficient (Wildman–Crippen LogP) is 3.39. The molecule has 5 heteroatoms. The molecule has 0 saturated carbocycles. The minimum atomic E-state index is 0.113. The number of fused-ring (bicyclic) bond motifs is 1. The fourth-order valence-electron chi connectivity index (χ4n) is 3.83. The van der Waals surface area contributed by atoms with E-state index >= 15 is 0 Å². The van der Waals surface area contributed by atoms with Crippen LogP contribution in [0.3, 0.4) is 0 Å². The van der Waals surface area contributed by atoms with Gasteiger partial charge in [-0.05, 0) is 57.0 Å². The number of hydrogen-bond donors (Lipinski definition) is 0. The molecule has 2 heterocycles. The van der Waals surface area contributed by atoms with Crippen molar-refractivity contribution in [2.75, 3.05) is 26.7 Å². The van der Waals surface area contributed by atoms with Gasteiger partial charge in [-0.25, -0.2) is 4.98 Å². The number of benzene rings is 1. The number of aromatic nitrogens is 2. The number of carbonyl (C=O) groups is 1. The zero-order valence-corrected chi connectivity index (χ0v) is 15.7. The molecule has 0 aliphatic carbocycles. The molecule has 0 bridgehead atoms. The molecule has 1 aliphatic rings. The van der Waals surface area contributed by atoms with Crippen LogP contribution in [0.1, 0.15) is 49.9 Å². The zero-order valence-electron chi connectivity index (χ0n) is 15.7. The van der Waals surface area contributed by atoms with Crippen molar-refractivity contribution in [2.24, 2.45) is 0 Å². The van der Waals surface area contributed by atoms with E-state index in [1.54, 1.807) is 0 Å². The normalized spacial score (nSPS) is 19.1. The largest absolute Gasteiger partial charge is 0.339 e. The summed E-state index contributed by atoms with van der Waals surface area (Å²) in [4.78, 5) is 21.9. The van der Waals surface area contributed by atoms with Gasteiger partial charge in [-0.2, -0.15) is 0 Å². The second kappa shape index (κ2) is 8.00. The molecule has 136 valence electrons. The topological polar surface area (TPSA) is 41.4 Å². The van der Waals surface area contributed by atoms with Crippen molar-refractivity contribution in [1.82, 2.24) is 19.4 Å². The summed E-state index contributed by atoms with van der Waals surface area (Å²) in [5.41, 5.74) is 2.76. The van der Waals surface area contributed by atoms with Crippen LogP contribution in [0.4, 0.5) is 0 Å². The monoisotopic (exact) mass is 342 g/mol. The first-order valence-electron chi connectivity index (χ1n) is 9.58. The molecular formula is C20H30N4O. The van der Waals surface area contributed by atoms with E-state index < -0.39 is 0 Å². The summed E-state index contributed by atoms with van der Waals surface area (Å²) in [7, 11) is 1.95. The van der Waals surface area contributed by atoms with Crippen LogP contribution in [-0.2, 0) is 6.54 Å². The summed E-state index contributed by atoms with van der Waals surface area (Å²) in [6.45, 7) is 8.66. The van der Waals surface area contributed by atoms with E-state index in [4.69, 9.17) is 0 Å². The molecule has 1 aromatic heterocycles. The van der Waals surface area contributed by atoms with Gasteiger partial charge < -0.3 is 14.4 Å². The molecule has 0 N–H and O–H groups in total. The standard InChI is InChI=1S/C20H30N4O/c1-4-11-24-15-21-18-14-16(8-9-19(18)24)20(25)22(3)17-7-6-12-23(5-2)13-10-17/h8-9,14-15,17H,4-7,10-13H2,1-3H3. The SMILES string of the molecule is CCCn1cnc2cc(C(=O)N(C)C3CCCN(CC)CC3)ccc21. The smallest absolute Gasteiger partial charge is 0.253 e. The number of aryl methyl sites for hydroxylation is 1. The fraction of sp³-hybridized carbons (Fsp3) is 0.600. The summed E-state index contributed by atoms with van der Waals surface area (Å²) < 4.78 is 2.15. The third-order valence-electron chi connectivity index (χ3n) is 5.44. The second-order valence-corrected chi connectivity index (χ2v) is 7.08. The first-order chi connectivity index (χ1) is 12.1. The van der Waals surface area contributed by atoms with Gasteiger partial charge in [0.1, 0.15) is 0 Å². The third-order valence-corrected chi connectivity index (χ3v) is 5.44. The number of likely N-dealkylation sites (tertiary alicyclic amines) is 1. The average Bonchev–Trinajstić information content (AvgIpc) is 2.88. The van der Waals surface area contributed by atoms with Gasteiger partial charge in [0.25, 0.3) is 5.91 Å². The average molecular weight is 342 g/mol. The Kier molecular flexibility index (Phi) is 5.74. The minimum Gasteiger partial charge on any atom is -0.339 e. The fourth-order valence-corrected chi connectivity index (χ4v) is 3.83. The molecule has 1 unspecified atom stereocenters. The molecule has 2 aromatic rings. The lowest BCUT2D eigenvalue weighted by Gasteiger charge is -2.27. The highest BCUT2D eigenvalue weighted by atomic mass is 16.2. The van der Waals surface area contributed by atoms with Crippen LogP contribution < -0.4 is 0 Å². The summed E-state index contributed by atoms with van der Waals surface area (Å²) in [6, 6.07) is 6.25. The Hall–Kier alpha value is -1.88. The lowest BCUT2D eigenvalue weighted by atomic mass is 10.1. The number of hydrogen-bond acceptors (Lipinski definition) is 3. The summed E-state index contributed by atoms with van der Waals surface area (Å²) in [5, 5.41) is 0. The number of amides is 1. The van der Waals surface area contributed by atoms with Gasteiger partial charge in [0, 0.05) is 31.7 Å². The molecule has 5 nitrogen and oxygen atoms in total. The van der Waals surface area contributed by atoms with Crippen molar-refractivity contribution in [3.63, 3.8) is 0 Å². The summed E-state index contributed by atoms with van der Waals surface area (Å²) in [6.07, 6.45) is 6.26. The van der Waals surface area contributed by atoms with Gasteiger partial charge in [0.05, 0.1) is 17.4 Å². The molecule has 25 heavy (non-hydrogen) atoms. The van der Waals surface area contributed by atoms with E-state index in [1.165, 1.54) is 0 Å². The lowest BCUT2D eigenvalue weighted by Crippen LogP contribution is -2.37. The highest BCUT2D eigenvalue weighted by molar-refractivity contribution is 5.97. The quantitative estimate of drug-likeness (QED) is 0.836. The molecule has 1 saturated heterocycles. The Morgan fingerprint density at radius 1 is 1.28 bits per heavy atom. The van der Waals surface area contributed by atoms with Crippen LogP contribution in [0.5, 0.6) is 0 Å². The number of carbonyl (C=O) groups excluding carboxylic acids is 1. The summed E-state index contributed by atoms with van der Waals surface area (Å²) in [5.74, 6) is 0.113. The van der Waals surface area contributed by atoms with Crippen LogP contribution >= 0.6 is 0 Å². The van der Waals surface area contributed by atoms with Crippen LogP contribution in [0.25, 0.3) is 11.0 Å². The van der Waals surface area contributed by atoms with E-state index in [2.05, 4.69) is 28.3 Å². The first kappa shape index (κ1) is 17.9. The second-order valence-electron chi connectivity index (χ2n) is 7.08. The zero-order chi connectivity index (χ0) is 17.8. The third kappa shape index (κ3) is 3.87. The van der Waals surface area contributed by atoms with E-state index in [-0.39, 0.29) is 5.91 Å². The first-order valence-corrected chi connectivity index (χ1v) is 9.58. The van der Waals surface area contributed by atoms with Crippen molar-refractivity contribution in [3.05, 3.63) is 30.1 Å². The Bertz CT molecular complexity index is 724. The highest BCUT2D eigenvalue weighted by Gasteiger charge is 2.24. The van der Waals surface area contributed by atoms with Gasteiger partial charge in [-0.15, -0.1) is 0 Å². The van der Waals surface area contributed by atoms with Gasteiger partial charge >= 0.3 is 0 Å². The van der Waals surface area contributed by atoms with Crippen molar-refractivity contribution in [2.45, 2.75) is 52.1 Å². The van der Waals surface area contributed by atoms with Gasteiger partial charge in [-0.3, -0.25) is 4.79 Å². The maximum Gasteiger partial charge on any atom is 0.253 e. The molecule has 3 rings (SSSR count). The minimum absolute atomic E-state index is 0.113. The van der Waals surface area contributed by atoms with Gasteiger partial charge in [-0.1, -0.05) is 13.8 Å². The molecule has 0 radical (unpaired) electrons. The van der Waals surface area contributed by atoms with Crippen molar-refractivity contribution >= 4 is 16.9 Å². The van der Waals surface area contributed by atoms with Crippen LogP contribution in [0.15, 0.2) is 24.5 Å². The van der Waals surface area contributed by atoms with Crippen molar-refractivity contribution in [1.29, 1.82) is 0 Å². The molecule has 1 amide bonds. The molecule has 1 atom stereocenters. The highest BCUT2D eigenvalue weighted by Crippen LogP contribution is 2.20. The Morgan fingerprint density at radius 3 is 2.88 bits per heavy atom. The Morgan fingerprint density at radius 2 is 2.12 bits per heavy atom. The summed E-state index contributed by atoms with van der Waals surface area (Å²) >= 11 is 0. The maximum atomic E-state index is 13.0. The van der Waals surface area contributed by atoms with E-state index in [1.807, 2.05) is 36.5 Å². The molecular weight excluding hydrogens is 312 g/mol. The Balaban J connectivity index is 1.74. The molecule has 1 aromatic carbocycles. The van der Waals surface area contributed by atoms with Gasteiger partial charge in [0.2, 0.25) is 0 Å². The molecule has 1 fully saturated rings. The van der Waals surface area contributed by atoms with Crippen molar-refractivity contribution in [3.8, 4) is 0 Å². The van der Waals surface area contributed by atoms with Crippen LogP contribution in [0.2, 0.25) is 0 Å². The lowest BCUT2D eigenvalue weighted by molar-refractivity contribution is 0.0718. The van der Waals surface area contributed by atoms with Crippen LogP contribution in [0, 0.1) is 0 Å². The maximum absolute atomic E-state index is 13.0. The number of imidazole rings is 1. The van der Waals surface area contributed by atoms with Crippen LogP contribution in [-0.4, -0.2) is 58.0 Å². The van der Waals surface area contributed by atoms with Crippen molar-refractivity contribution < 1.29 is 4.79 Å². The molecule has 1 aliphatic heterocycles. The number of nitrogens with zero attached hydrogens (tertiary/aromatic N) is 4. The van der Waals surface area contributed by atoms with E-state index in [9.17, 15) is 4.79 Å². The molecule has 0 spiro atoms. The number of rotatable bonds is 5. The van der Waals surface area contributed by atoms with Gasteiger partial charge in [0.15, 0.2) is 0 Å². The van der Waals surface area contributed by atoms with E-state index in [0.717, 1.165) is 68.5 Å². The predicted molar refractivity (Wildman–Crippen MR) is 102 cm³/mol. The Labute approximate surface area is 150 Å². The van der Waals surface area contributed by atoms with E-state index in [0.29, 0.717) is 6.04 Å².